The third-order valence-electron chi connectivity index (χ3n) is 1.65. The predicted octanol–water partition coefficient (Wildman–Crippen LogP) is 1.71. The third kappa shape index (κ3) is 3.75. The quantitative estimate of drug-likeness (QED) is 0.823. The minimum absolute atomic E-state index is 0.249. The Labute approximate surface area is 88.0 Å². The minimum atomic E-state index is -0.553. The van der Waals surface area contributed by atoms with E-state index in [4.69, 9.17) is 27.3 Å². The summed E-state index contributed by atoms with van der Waals surface area (Å²) < 4.78 is 5.22. The van der Waals surface area contributed by atoms with Gasteiger partial charge in [-0.05, 0) is 17.7 Å². The molecule has 0 amide bonds. The first kappa shape index (κ1) is 11.0. The Balaban J connectivity index is 2.32. The van der Waals surface area contributed by atoms with Crippen LogP contribution < -0.4 is 5.73 Å². The predicted molar refractivity (Wildman–Crippen MR) is 54.7 cm³/mol. The Morgan fingerprint density at radius 2 is 2.07 bits per heavy atom. The lowest BCUT2D eigenvalue weighted by Gasteiger charge is -2.05. The molecular weight excluding hydrogens is 200 g/mol. The van der Waals surface area contributed by atoms with Gasteiger partial charge in [-0.25, -0.2) is 0 Å². The summed E-state index contributed by atoms with van der Waals surface area (Å²) >= 11 is 5.71. The molecule has 1 aromatic carbocycles. The Hall–Kier alpha value is -1.08. The van der Waals surface area contributed by atoms with Gasteiger partial charge in [0.25, 0.3) is 0 Å². The Morgan fingerprint density at radius 1 is 1.43 bits per heavy atom. The molecule has 4 heteroatoms. The second-order valence-corrected chi connectivity index (χ2v) is 3.31. The number of nitriles is 1. The maximum Gasteiger partial charge on any atom is 0.116 e. The highest BCUT2D eigenvalue weighted by atomic mass is 35.5. The van der Waals surface area contributed by atoms with Gasteiger partial charge in [-0.1, -0.05) is 23.7 Å². The van der Waals surface area contributed by atoms with Gasteiger partial charge in [-0.3, -0.25) is 0 Å². The molecule has 0 saturated carbocycles. The van der Waals surface area contributed by atoms with Gasteiger partial charge in [-0.15, -0.1) is 0 Å². The summed E-state index contributed by atoms with van der Waals surface area (Å²) in [5.41, 5.74) is 6.37. The molecule has 0 aliphatic heterocycles. The Kier molecular flexibility index (Phi) is 4.41. The summed E-state index contributed by atoms with van der Waals surface area (Å²) in [5, 5.41) is 9.09. The van der Waals surface area contributed by atoms with Crippen LogP contribution in [0, 0.1) is 11.3 Å². The minimum Gasteiger partial charge on any atom is -0.374 e. The van der Waals surface area contributed by atoms with Crippen LogP contribution in [-0.4, -0.2) is 12.6 Å². The molecule has 0 saturated heterocycles. The van der Waals surface area contributed by atoms with Crippen LogP contribution in [0.2, 0.25) is 5.02 Å². The second kappa shape index (κ2) is 5.61. The van der Waals surface area contributed by atoms with Crippen molar-refractivity contribution in [2.45, 2.75) is 12.6 Å². The average Bonchev–Trinajstić information content (AvgIpc) is 2.21. The highest BCUT2D eigenvalue weighted by molar-refractivity contribution is 6.30. The molecule has 3 nitrogen and oxygen atoms in total. The molecule has 14 heavy (non-hydrogen) atoms. The highest BCUT2D eigenvalue weighted by Crippen LogP contribution is 2.10. The van der Waals surface area contributed by atoms with Crippen LogP contribution in [0.1, 0.15) is 5.56 Å². The normalized spacial score (nSPS) is 12.1. The first-order valence-electron chi connectivity index (χ1n) is 4.20. The van der Waals surface area contributed by atoms with E-state index < -0.39 is 6.04 Å². The molecule has 1 aromatic rings. The zero-order valence-corrected chi connectivity index (χ0v) is 8.37. The fraction of sp³-hybridized carbons (Fsp3) is 0.300. The molecule has 1 atom stereocenters. The molecule has 0 fully saturated rings. The van der Waals surface area contributed by atoms with Crippen molar-refractivity contribution < 1.29 is 4.74 Å². The van der Waals surface area contributed by atoms with Crippen LogP contribution in [0.5, 0.6) is 0 Å². The van der Waals surface area contributed by atoms with E-state index in [0.717, 1.165) is 5.56 Å². The molecule has 0 unspecified atom stereocenters. The molecule has 0 aliphatic rings. The lowest BCUT2D eigenvalue weighted by atomic mass is 10.2. The summed E-state index contributed by atoms with van der Waals surface area (Å²) in [5.74, 6) is 0. The Morgan fingerprint density at radius 3 is 2.64 bits per heavy atom. The van der Waals surface area contributed by atoms with E-state index in [1.807, 2.05) is 18.2 Å². The van der Waals surface area contributed by atoms with Gasteiger partial charge in [0.15, 0.2) is 0 Å². The topological polar surface area (TPSA) is 59.0 Å². The fourth-order valence-corrected chi connectivity index (χ4v) is 1.05. The van der Waals surface area contributed by atoms with E-state index in [-0.39, 0.29) is 6.61 Å². The zero-order chi connectivity index (χ0) is 10.4. The molecule has 2 N–H and O–H groups in total. The lowest BCUT2D eigenvalue weighted by molar-refractivity contribution is 0.117. The molecule has 0 bridgehead atoms. The van der Waals surface area contributed by atoms with E-state index in [2.05, 4.69) is 0 Å². The molecule has 74 valence electrons. The molecule has 0 spiro atoms. The molecule has 0 aromatic heterocycles. The van der Waals surface area contributed by atoms with E-state index in [0.29, 0.717) is 11.6 Å². The van der Waals surface area contributed by atoms with Crippen molar-refractivity contribution in [3.05, 3.63) is 34.9 Å². The number of ether oxygens (including phenoxy) is 1. The van der Waals surface area contributed by atoms with E-state index in [1.54, 1.807) is 12.1 Å². The summed E-state index contributed by atoms with van der Waals surface area (Å²) in [4.78, 5) is 0. The van der Waals surface area contributed by atoms with Crippen LogP contribution in [0.4, 0.5) is 0 Å². The van der Waals surface area contributed by atoms with Crippen LogP contribution in [0.3, 0.4) is 0 Å². The summed E-state index contributed by atoms with van der Waals surface area (Å²) in [6.45, 7) is 0.700. The van der Waals surface area contributed by atoms with E-state index >= 15 is 0 Å². The first-order valence-corrected chi connectivity index (χ1v) is 4.57. The summed E-state index contributed by atoms with van der Waals surface area (Å²) in [7, 11) is 0. The maximum absolute atomic E-state index is 8.40. The second-order valence-electron chi connectivity index (χ2n) is 2.88. The summed E-state index contributed by atoms with van der Waals surface area (Å²) in [6.07, 6.45) is 0. The van der Waals surface area contributed by atoms with Crippen LogP contribution in [0.15, 0.2) is 24.3 Å². The zero-order valence-electron chi connectivity index (χ0n) is 7.61. The van der Waals surface area contributed by atoms with Crippen LogP contribution >= 0.6 is 11.6 Å². The number of rotatable bonds is 4. The van der Waals surface area contributed by atoms with Crippen LogP contribution in [0.25, 0.3) is 0 Å². The van der Waals surface area contributed by atoms with Crippen molar-refractivity contribution in [1.82, 2.24) is 0 Å². The number of benzene rings is 1. The number of nitrogens with two attached hydrogens (primary N) is 1. The largest absolute Gasteiger partial charge is 0.374 e. The van der Waals surface area contributed by atoms with Crippen molar-refractivity contribution in [1.29, 1.82) is 5.26 Å². The van der Waals surface area contributed by atoms with Crippen molar-refractivity contribution in [2.24, 2.45) is 5.73 Å². The van der Waals surface area contributed by atoms with Crippen molar-refractivity contribution >= 4 is 11.6 Å². The van der Waals surface area contributed by atoms with Gasteiger partial charge in [0, 0.05) is 5.02 Å². The number of nitrogens with zero attached hydrogens (tertiary/aromatic N) is 1. The summed E-state index contributed by atoms with van der Waals surface area (Å²) in [6, 6.07) is 8.68. The van der Waals surface area contributed by atoms with Crippen molar-refractivity contribution in [3.8, 4) is 6.07 Å². The molecule has 0 heterocycles. The Bertz CT molecular complexity index is 318. The number of hydrogen-bond donors (Lipinski definition) is 1. The van der Waals surface area contributed by atoms with Gasteiger partial charge in [-0.2, -0.15) is 5.26 Å². The van der Waals surface area contributed by atoms with Gasteiger partial charge < -0.3 is 10.5 Å². The SMILES string of the molecule is N#C[C@@H](N)COCc1ccc(Cl)cc1. The van der Waals surface area contributed by atoms with Gasteiger partial charge in [0.05, 0.1) is 19.3 Å². The third-order valence-corrected chi connectivity index (χ3v) is 1.90. The maximum atomic E-state index is 8.40. The first-order chi connectivity index (χ1) is 6.72. The van der Waals surface area contributed by atoms with Crippen molar-refractivity contribution in [3.63, 3.8) is 0 Å². The smallest absolute Gasteiger partial charge is 0.116 e. The van der Waals surface area contributed by atoms with Gasteiger partial charge >= 0.3 is 0 Å². The average molecular weight is 211 g/mol. The van der Waals surface area contributed by atoms with Gasteiger partial charge in [0.2, 0.25) is 0 Å². The van der Waals surface area contributed by atoms with Gasteiger partial charge in [0.1, 0.15) is 6.04 Å². The monoisotopic (exact) mass is 210 g/mol. The standard InChI is InChI=1S/C10H11ClN2O/c11-9-3-1-8(2-4-9)6-14-7-10(13)5-12/h1-4,10H,6-7,13H2/t10-/m1/s1. The number of halogens is 1. The number of hydrogen-bond acceptors (Lipinski definition) is 3. The molecule has 0 radical (unpaired) electrons. The molecular formula is C10H11ClN2O. The molecule has 0 aliphatic carbocycles. The van der Waals surface area contributed by atoms with Crippen molar-refractivity contribution in [2.75, 3.05) is 6.61 Å². The van der Waals surface area contributed by atoms with E-state index in [9.17, 15) is 0 Å². The van der Waals surface area contributed by atoms with Crippen LogP contribution in [-0.2, 0) is 11.3 Å². The molecule has 1 rings (SSSR count). The highest BCUT2D eigenvalue weighted by Gasteiger charge is 1.99. The lowest BCUT2D eigenvalue weighted by Crippen LogP contribution is -2.23. The van der Waals surface area contributed by atoms with E-state index in [1.165, 1.54) is 0 Å². The fourth-order valence-electron chi connectivity index (χ4n) is 0.922.